The molecule has 0 radical (unpaired) electrons. The minimum absolute atomic E-state index is 0.129. The molecule has 0 bridgehead atoms. The first-order valence-corrected chi connectivity index (χ1v) is 7.63. The minimum Gasteiger partial charge on any atom is -0.481 e. The maximum absolute atomic E-state index is 12.3. The van der Waals surface area contributed by atoms with Crippen molar-refractivity contribution in [3.63, 3.8) is 0 Å². The monoisotopic (exact) mass is 284 g/mol. The van der Waals surface area contributed by atoms with Crippen molar-refractivity contribution in [3.05, 3.63) is 0 Å². The standard InChI is InChI=1S/C15H28N2O3/c1-5-8-15(12(18)19)9-10-17(11-15)13(20)16-14(4,6-2)7-3/h5-11H2,1-4H3,(H,16,20)(H,18,19). The number of hydrogen-bond donors (Lipinski definition) is 2. The van der Waals surface area contributed by atoms with Gasteiger partial charge in [-0.3, -0.25) is 4.79 Å². The molecular weight excluding hydrogens is 256 g/mol. The molecule has 0 aromatic heterocycles. The number of urea groups is 1. The summed E-state index contributed by atoms with van der Waals surface area (Å²) in [4.78, 5) is 25.5. The molecule has 1 saturated heterocycles. The van der Waals surface area contributed by atoms with Gasteiger partial charge in [-0.1, -0.05) is 27.2 Å². The zero-order valence-corrected chi connectivity index (χ0v) is 13.2. The molecule has 1 atom stereocenters. The SMILES string of the molecule is CCCC1(C(=O)O)CCN(C(=O)NC(C)(CC)CC)C1. The van der Waals surface area contributed by atoms with E-state index in [-0.39, 0.29) is 11.6 Å². The van der Waals surface area contributed by atoms with Gasteiger partial charge in [0.2, 0.25) is 0 Å². The van der Waals surface area contributed by atoms with Gasteiger partial charge < -0.3 is 15.3 Å². The molecule has 1 unspecified atom stereocenters. The molecule has 0 aliphatic carbocycles. The van der Waals surface area contributed by atoms with Crippen molar-refractivity contribution in [1.82, 2.24) is 10.2 Å². The Morgan fingerprint density at radius 3 is 2.35 bits per heavy atom. The van der Waals surface area contributed by atoms with Gasteiger partial charge in [0.05, 0.1) is 5.41 Å². The summed E-state index contributed by atoms with van der Waals surface area (Å²) >= 11 is 0. The predicted molar refractivity (Wildman–Crippen MR) is 78.7 cm³/mol. The van der Waals surface area contributed by atoms with Crippen LogP contribution in [0, 0.1) is 5.41 Å². The third-order valence-corrected chi connectivity index (χ3v) is 4.79. The molecular formula is C15H28N2O3. The smallest absolute Gasteiger partial charge is 0.317 e. The molecule has 1 aliphatic rings. The van der Waals surface area contributed by atoms with Crippen LogP contribution in [-0.4, -0.2) is 40.6 Å². The van der Waals surface area contributed by atoms with Gasteiger partial charge >= 0.3 is 12.0 Å². The van der Waals surface area contributed by atoms with E-state index >= 15 is 0 Å². The summed E-state index contributed by atoms with van der Waals surface area (Å²) in [6, 6.07) is -0.129. The van der Waals surface area contributed by atoms with Crippen LogP contribution in [0.15, 0.2) is 0 Å². The van der Waals surface area contributed by atoms with Crippen molar-refractivity contribution in [2.24, 2.45) is 5.41 Å². The zero-order valence-electron chi connectivity index (χ0n) is 13.2. The number of carboxylic acid groups (broad SMARTS) is 1. The summed E-state index contributed by atoms with van der Waals surface area (Å²) in [5.41, 5.74) is -0.961. The number of nitrogens with zero attached hydrogens (tertiary/aromatic N) is 1. The van der Waals surface area contributed by atoms with E-state index in [1.54, 1.807) is 4.90 Å². The van der Waals surface area contributed by atoms with E-state index in [0.29, 0.717) is 25.9 Å². The molecule has 0 aromatic carbocycles. The van der Waals surface area contributed by atoms with Crippen LogP contribution in [0.5, 0.6) is 0 Å². The fourth-order valence-electron chi connectivity index (χ4n) is 2.77. The molecule has 1 rings (SSSR count). The van der Waals surface area contributed by atoms with Gasteiger partial charge in [0.1, 0.15) is 0 Å². The van der Waals surface area contributed by atoms with Crippen molar-refractivity contribution in [1.29, 1.82) is 0 Å². The summed E-state index contributed by atoms with van der Waals surface area (Å²) < 4.78 is 0. The van der Waals surface area contributed by atoms with Crippen LogP contribution < -0.4 is 5.32 Å². The van der Waals surface area contributed by atoms with Crippen LogP contribution >= 0.6 is 0 Å². The van der Waals surface area contributed by atoms with Crippen LogP contribution in [0.2, 0.25) is 0 Å². The zero-order chi connectivity index (χ0) is 15.4. The first-order chi connectivity index (χ1) is 9.32. The Morgan fingerprint density at radius 2 is 1.90 bits per heavy atom. The molecule has 5 heteroatoms. The molecule has 116 valence electrons. The molecule has 20 heavy (non-hydrogen) atoms. The average molecular weight is 284 g/mol. The Kier molecular flexibility index (Phi) is 5.42. The number of carbonyl (C=O) groups excluding carboxylic acids is 1. The Morgan fingerprint density at radius 1 is 1.30 bits per heavy atom. The predicted octanol–water partition coefficient (Wildman–Crippen LogP) is 2.85. The highest BCUT2D eigenvalue weighted by molar-refractivity contribution is 5.80. The number of nitrogens with one attached hydrogen (secondary N) is 1. The van der Waals surface area contributed by atoms with E-state index in [2.05, 4.69) is 5.32 Å². The Labute approximate surface area is 121 Å². The van der Waals surface area contributed by atoms with Crippen LogP contribution in [-0.2, 0) is 4.79 Å². The average Bonchev–Trinajstić information content (AvgIpc) is 2.85. The highest BCUT2D eigenvalue weighted by Crippen LogP contribution is 2.35. The van der Waals surface area contributed by atoms with Crippen LogP contribution in [0.1, 0.15) is 59.8 Å². The van der Waals surface area contributed by atoms with Crippen LogP contribution in [0.4, 0.5) is 4.79 Å². The first kappa shape index (κ1) is 16.8. The van der Waals surface area contributed by atoms with Gasteiger partial charge in [0, 0.05) is 18.6 Å². The maximum atomic E-state index is 12.3. The Balaban J connectivity index is 2.71. The van der Waals surface area contributed by atoms with E-state index in [9.17, 15) is 14.7 Å². The number of aliphatic carboxylic acids is 1. The lowest BCUT2D eigenvalue weighted by atomic mass is 9.83. The maximum Gasteiger partial charge on any atom is 0.317 e. The molecule has 0 aromatic rings. The second kappa shape index (κ2) is 6.46. The third kappa shape index (κ3) is 3.44. The van der Waals surface area contributed by atoms with E-state index in [1.807, 2.05) is 27.7 Å². The molecule has 2 amide bonds. The fraction of sp³-hybridized carbons (Fsp3) is 0.867. The molecule has 0 saturated carbocycles. The van der Waals surface area contributed by atoms with Crippen molar-refractivity contribution in [2.75, 3.05) is 13.1 Å². The second-order valence-corrected chi connectivity index (χ2v) is 6.20. The lowest BCUT2D eigenvalue weighted by Gasteiger charge is -2.31. The third-order valence-electron chi connectivity index (χ3n) is 4.79. The number of likely N-dealkylation sites (tertiary alicyclic amines) is 1. The van der Waals surface area contributed by atoms with Gasteiger partial charge in [0.25, 0.3) is 0 Å². The summed E-state index contributed by atoms with van der Waals surface area (Å²) in [7, 11) is 0. The van der Waals surface area contributed by atoms with E-state index in [0.717, 1.165) is 19.3 Å². The lowest BCUT2D eigenvalue weighted by Crippen LogP contribution is -2.51. The number of carbonyl (C=O) groups is 2. The fourth-order valence-corrected chi connectivity index (χ4v) is 2.77. The van der Waals surface area contributed by atoms with Crippen molar-refractivity contribution in [3.8, 4) is 0 Å². The Bertz CT molecular complexity index is 366. The lowest BCUT2D eigenvalue weighted by molar-refractivity contribution is -0.148. The van der Waals surface area contributed by atoms with Gasteiger partial charge in [-0.25, -0.2) is 4.79 Å². The topological polar surface area (TPSA) is 69.6 Å². The van der Waals surface area contributed by atoms with Gasteiger partial charge in [-0.2, -0.15) is 0 Å². The normalized spacial score (nSPS) is 22.9. The van der Waals surface area contributed by atoms with Crippen LogP contribution in [0.25, 0.3) is 0 Å². The van der Waals surface area contributed by atoms with E-state index < -0.39 is 11.4 Å². The summed E-state index contributed by atoms with van der Waals surface area (Å²) in [5.74, 6) is -0.775. The minimum atomic E-state index is -0.775. The van der Waals surface area contributed by atoms with Crippen molar-refractivity contribution >= 4 is 12.0 Å². The quantitative estimate of drug-likeness (QED) is 0.788. The number of rotatable bonds is 6. The number of hydrogen-bond acceptors (Lipinski definition) is 2. The Hall–Kier alpha value is -1.26. The number of carboxylic acids is 1. The molecule has 1 aliphatic heterocycles. The largest absolute Gasteiger partial charge is 0.481 e. The van der Waals surface area contributed by atoms with Crippen molar-refractivity contribution in [2.45, 2.75) is 65.3 Å². The summed E-state index contributed by atoms with van der Waals surface area (Å²) in [5, 5.41) is 12.5. The molecule has 1 fully saturated rings. The molecule has 2 N–H and O–H groups in total. The van der Waals surface area contributed by atoms with E-state index in [1.165, 1.54) is 0 Å². The van der Waals surface area contributed by atoms with Crippen molar-refractivity contribution < 1.29 is 14.7 Å². The van der Waals surface area contributed by atoms with E-state index in [4.69, 9.17) is 0 Å². The highest BCUT2D eigenvalue weighted by Gasteiger charge is 2.45. The number of amides is 2. The molecule has 5 nitrogen and oxygen atoms in total. The second-order valence-electron chi connectivity index (χ2n) is 6.20. The summed E-state index contributed by atoms with van der Waals surface area (Å²) in [6.07, 6.45) is 3.73. The highest BCUT2D eigenvalue weighted by atomic mass is 16.4. The molecule has 0 spiro atoms. The first-order valence-electron chi connectivity index (χ1n) is 7.63. The summed E-state index contributed by atoms with van der Waals surface area (Å²) in [6.45, 7) is 8.96. The van der Waals surface area contributed by atoms with Gasteiger partial charge in [-0.15, -0.1) is 0 Å². The van der Waals surface area contributed by atoms with Crippen LogP contribution in [0.3, 0.4) is 0 Å². The van der Waals surface area contributed by atoms with Gasteiger partial charge in [-0.05, 0) is 32.6 Å². The van der Waals surface area contributed by atoms with Gasteiger partial charge in [0.15, 0.2) is 0 Å². The molecule has 1 heterocycles.